The third-order valence-electron chi connectivity index (χ3n) is 4.08. The van der Waals surface area contributed by atoms with Gasteiger partial charge in [0.1, 0.15) is 6.04 Å². The van der Waals surface area contributed by atoms with E-state index in [1.165, 1.54) is 39.0 Å². The predicted octanol–water partition coefficient (Wildman–Crippen LogP) is 2.96. The average molecular weight is 269 g/mol. The molecule has 1 saturated carbocycles. The molecule has 2 unspecified atom stereocenters. The first kappa shape index (κ1) is 16.0. The van der Waals surface area contributed by atoms with Gasteiger partial charge in [0.2, 0.25) is 5.91 Å². The van der Waals surface area contributed by atoms with E-state index >= 15 is 0 Å². The predicted molar refractivity (Wildman–Crippen MR) is 74.8 cm³/mol. The van der Waals surface area contributed by atoms with Crippen LogP contribution in [0.15, 0.2) is 0 Å². The summed E-state index contributed by atoms with van der Waals surface area (Å²) in [7, 11) is 0. The van der Waals surface area contributed by atoms with Crippen molar-refractivity contribution >= 4 is 11.9 Å². The highest BCUT2D eigenvalue weighted by atomic mass is 16.4. The van der Waals surface area contributed by atoms with Crippen LogP contribution in [0.3, 0.4) is 0 Å². The minimum Gasteiger partial charge on any atom is -0.480 e. The Balaban J connectivity index is 2.49. The molecule has 19 heavy (non-hydrogen) atoms. The summed E-state index contributed by atoms with van der Waals surface area (Å²) in [4.78, 5) is 22.9. The fourth-order valence-electron chi connectivity index (χ4n) is 2.92. The van der Waals surface area contributed by atoms with Gasteiger partial charge in [0.15, 0.2) is 0 Å². The summed E-state index contributed by atoms with van der Waals surface area (Å²) in [6.07, 6.45) is 9.06. The quantitative estimate of drug-likeness (QED) is 0.746. The zero-order valence-corrected chi connectivity index (χ0v) is 12.2. The monoisotopic (exact) mass is 269 g/mol. The maximum Gasteiger partial charge on any atom is 0.325 e. The summed E-state index contributed by atoms with van der Waals surface area (Å²) in [5, 5.41) is 11.5. The van der Waals surface area contributed by atoms with E-state index in [2.05, 4.69) is 12.2 Å². The first-order chi connectivity index (χ1) is 9.04. The highest BCUT2D eigenvalue weighted by Crippen LogP contribution is 2.30. The molecule has 0 aromatic rings. The number of carboxylic acids is 1. The summed E-state index contributed by atoms with van der Waals surface area (Å²) in [5.74, 6) is -0.422. The molecule has 1 fully saturated rings. The number of nitrogens with one attached hydrogen (secondary N) is 1. The van der Waals surface area contributed by atoms with Gasteiger partial charge in [0.25, 0.3) is 0 Å². The molecule has 1 aliphatic carbocycles. The third kappa shape index (κ3) is 5.62. The standard InChI is InChI=1S/C15H27NO3/c1-3-7-13(10-12-8-5-4-6-9-12)14(17)16-11(2)15(18)19/h11-13H,3-10H2,1-2H3,(H,16,17)(H,18,19). The summed E-state index contributed by atoms with van der Waals surface area (Å²) in [5.41, 5.74) is 0. The zero-order chi connectivity index (χ0) is 14.3. The van der Waals surface area contributed by atoms with Crippen molar-refractivity contribution in [2.75, 3.05) is 0 Å². The van der Waals surface area contributed by atoms with E-state index in [0.717, 1.165) is 19.3 Å². The molecule has 1 amide bonds. The van der Waals surface area contributed by atoms with Crippen LogP contribution in [0.4, 0.5) is 0 Å². The van der Waals surface area contributed by atoms with Gasteiger partial charge in [-0.15, -0.1) is 0 Å². The molecule has 0 heterocycles. The highest BCUT2D eigenvalue weighted by Gasteiger charge is 2.25. The zero-order valence-electron chi connectivity index (χ0n) is 12.2. The minimum absolute atomic E-state index is 0.0186. The summed E-state index contributed by atoms with van der Waals surface area (Å²) < 4.78 is 0. The van der Waals surface area contributed by atoms with Crippen molar-refractivity contribution in [3.63, 3.8) is 0 Å². The molecule has 0 radical (unpaired) electrons. The molecule has 0 spiro atoms. The lowest BCUT2D eigenvalue weighted by molar-refractivity contribution is -0.142. The second kappa shape index (κ2) is 8.18. The van der Waals surface area contributed by atoms with Crippen LogP contribution in [0.25, 0.3) is 0 Å². The topological polar surface area (TPSA) is 66.4 Å². The SMILES string of the molecule is CCCC(CC1CCCCC1)C(=O)NC(C)C(=O)O. The summed E-state index contributed by atoms with van der Waals surface area (Å²) in [6, 6.07) is -0.793. The Bertz CT molecular complexity index is 298. The van der Waals surface area contributed by atoms with Gasteiger partial charge in [-0.3, -0.25) is 9.59 Å². The Hall–Kier alpha value is -1.06. The van der Waals surface area contributed by atoms with Crippen molar-refractivity contribution in [3.8, 4) is 0 Å². The molecular formula is C15H27NO3. The number of carboxylic acid groups (broad SMARTS) is 1. The van der Waals surface area contributed by atoms with E-state index in [0.29, 0.717) is 5.92 Å². The number of aliphatic carboxylic acids is 1. The molecule has 0 aromatic heterocycles. The largest absolute Gasteiger partial charge is 0.480 e. The number of amides is 1. The molecular weight excluding hydrogens is 242 g/mol. The van der Waals surface area contributed by atoms with Crippen LogP contribution in [0, 0.1) is 11.8 Å². The molecule has 1 rings (SSSR count). The lowest BCUT2D eigenvalue weighted by atomic mass is 9.81. The van der Waals surface area contributed by atoms with Crippen LogP contribution in [0.1, 0.15) is 65.2 Å². The van der Waals surface area contributed by atoms with Crippen LogP contribution >= 0.6 is 0 Å². The van der Waals surface area contributed by atoms with E-state index in [4.69, 9.17) is 5.11 Å². The molecule has 0 aromatic carbocycles. The van der Waals surface area contributed by atoms with Gasteiger partial charge in [-0.1, -0.05) is 45.4 Å². The number of carbonyl (C=O) groups is 2. The molecule has 110 valence electrons. The third-order valence-corrected chi connectivity index (χ3v) is 4.08. The van der Waals surface area contributed by atoms with E-state index < -0.39 is 12.0 Å². The molecule has 0 saturated heterocycles. The molecule has 1 aliphatic rings. The van der Waals surface area contributed by atoms with Gasteiger partial charge in [0.05, 0.1) is 0 Å². The van der Waals surface area contributed by atoms with Gasteiger partial charge in [0, 0.05) is 5.92 Å². The highest BCUT2D eigenvalue weighted by molar-refractivity contribution is 5.84. The fraction of sp³-hybridized carbons (Fsp3) is 0.867. The average Bonchev–Trinajstić information content (AvgIpc) is 2.39. The van der Waals surface area contributed by atoms with Crippen LogP contribution in [0.2, 0.25) is 0 Å². The van der Waals surface area contributed by atoms with Crippen molar-refractivity contribution in [1.82, 2.24) is 5.32 Å². The minimum atomic E-state index is -0.971. The first-order valence-corrected chi connectivity index (χ1v) is 7.57. The van der Waals surface area contributed by atoms with Gasteiger partial charge in [-0.25, -0.2) is 0 Å². The summed E-state index contributed by atoms with van der Waals surface area (Å²) >= 11 is 0. The maximum atomic E-state index is 12.1. The number of hydrogen-bond acceptors (Lipinski definition) is 2. The second-order valence-electron chi connectivity index (χ2n) is 5.79. The van der Waals surface area contributed by atoms with E-state index in [1.807, 2.05) is 0 Å². The lowest BCUT2D eigenvalue weighted by Crippen LogP contribution is -2.42. The normalized spacial score (nSPS) is 19.7. The van der Waals surface area contributed by atoms with Gasteiger partial charge in [-0.2, -0.15) is 0 Å². The Morgan fingerprint density at radius 3 is 2.42 bits per heavy atom. The number of carbonyl (C=O) groups excluding carboxylic acids is 1. The van der Waals surface area contributed by atoms with Crippen molar-refractivity contribution in [2.24, 2.45) is 11.8 Å². The Kier molecular flexibility index (Phi) is 6.89. The van der Waals surface area contributed by atoms with E-state index in [9.17, 15) is 9.59 Å². The van der Waals surface area contributed by atoms with E-state index in [1.54, 1.807) is 0 Å². The van der Waals surface area contributed by atoms with Crippen LogP contribution in [0.5, 0.6) is 0 Å². The summed E-state index contributed by atoms with van der Waals surface area (Å²) in [6.45, 7) is 3.59. The smallest absolute Gasteiger partial charge is 0.325 e. The molecule has 2 atom stereocenters. The number of hydrogen-bond donors (Lipinski definition) is 2. The molecule has 2 N–H and O–H groups in total. The van der Waals surface area contributed by atoms with Gasteiger partial charge >= 0.3 is 5.97 Å². The first-order valence-electron chi connectivity index (χ1n) is 7.57. The molecule has 0 bridgehead atoms. The Labute approximate surface area is 116 Å². The Morgan fingerprint density at radius 2 is 1.89 bits per heavy atom. The van der Waals surface area contributed by atoms with Crippen molar-refractivity contribution in [2.45, 2.75) is 71.3 Å². The second-order valence-corrected chi connectivity index (χ2v) is 5.79. The van der Waals surface area contributed by atoms with Crippen LogP contribution in [-0.4, -0.2) is 23.0 Å². The fourth-order valence-corrected chi connectivity index (χ4v) is 2.92. The maximum absolute atomic E-state index is 12.1. The van der Waals surface area contributed by atoms with E-state index in [-0.39, 0.29) is 11.8 Å². The molecule has 4 heteroatoms. The van der Waals surface area contributed by atoms with Crippen molar-refractivity contribution in [3.05, 3.63) is 0 Å². The van der Waals surface area contributed by atoms with Crippen LogP contribution in [-0.2, 0) is 9.59 Å². The van der Waals surface area contributed by atoms with Crippen molar-refractivity contribution < 1.29 is 14.7 Å². The number of rotatable bonds is 7. The van der Waals surface area contributed by atoms with Gasteiger partial charge in [-0.05, 0) is 25.7 Å². The molecule has 4 nitrogen and oxygen atoms in total. The lowest BCUT2D eigenvalue weighted by Gasteiger charge is -2.26. The van der Waals surface area contributed by atoms with Crippen molar-refractivity contribution in [1.29, 1.82) is 0 Å². The van der Waals surface area contributed by atoms with Crippen LogP contribution < -0.4 is 5.32 Å². The molecule has 0 aliphatic heterocycles. The van der Waals surface area contributed by atoms with Gasteiger partial charge < -0.3 is 10.4 Å². The Morgan fingerprint density at radius 1 is 1.26 bits per heavy atom.